The SMILES string of the molecule is COCCn1c(-c2ccc(F)cc2)cnc1NCc1ccc([N+](=O)[O-])cc1.O=C(O)C(=O)O. The molecule has 1 heterocycles. The molecule has 0 saturated heterocycles. The number of aromatic nitrogens is 2. The monoisotopic (exact) mass is 460 g/mol. The number of ether oxygens (including phenoxy) is 1. The van der Waals surface area contributed by atoms with Crippen LogP contribution in [0.5, 0.6) is 0 Å². The summed E-state index contributed by atoms with van der Waals surface area (Å²) in [6.07, 6.45) is 1.72. The number of carboxylic acids is 2. The van der Waals surface area contributed by atoms with Gasteiger partial charge in [0.25, 0.3) is 5.69 Å². The number of hydrogen-bond acceptors (Lipinski definition) is 7. The molecule has 0 aliphatic rings. The van der Waals surface area contributed by atoms with E-state index in [9.17, 15) is 14.5 Å². The number of rotatable bonds is 8. The van der Waals surface area contributed by atoms with Crippen molar-refractivity contribution in [3.8, 4) is 11.3 Å². The Kier molecular flexibility index (Phi) is 9.00. The van der Waals surface area contributed by atoms with Gasteiger partial charge in [-0.25, -0.2) is 19.0 Å². The van der Waals surface area contributed by atoms with E-state index < -0.39 is 16.9 Å². The average Bonchev–Trinajstić information content (AvgIpc) is 3.20. The molecule has 0 amide bonds. The second-order valence-corrected chi connectivity index (χ2v) is 6.51. The number of nitrogens with one attached hydrogen (secondary N) is 1. The van der Waals surface area contributed by atoms with Crippen molar-refractivity contribution < 1.29 is 33.9 Å². The van der Waals surface area contributed by atoms with E-state index in [1.54, 1.807) is 37.6 Å². The molecule has 0 bridgehead atoms. The first-order valence-electron chi connectivity index (χ1n) is 9.46. The summed E-state index contributed by atoms with van der Waals surface area (Å²) in [5, 5.41) is 28.8. The van der Waals surface area contributed by atoms with Crippen LogP contribution in [-0.4, -0.2) is 50.3 Å². The van der Waals surface area contributed by atoms with Gasteiger partial charge in [0.05, 0.1) is 23.4 Å². The third kappa shape index (κ3) is 7.40. The topological polar surface area (TPSA) is 157 Å². The zero-order valence-corrected chi connectivity index (χ0v) is 17.5. The Bertz CT molecular complexity index is 1090. The molecular formula is C21H21FN4O7. The first-order valence-corrected chi connectivity index (χ1v) is 9.46. The molecular weight excluding hydrogens is 439 g/mol. The first-order chi connectivity index (χ1) is 15.7. The summed E-state index contributed by atoms with van der Waals surface area (Å²) in [6.45, 7) is 1.54. The number of methoxy groups -OCH3 is 1. The van der Waals surface area contributed by atoms with E-state index in [0.717, 1.165) is 16.8 Å². The summed E-state index contributed by atoms with van der Waals surface area (Å²) < 4.78 is 20.3. The number of aliphatic carboxylic acids is 2. The molecule has 12 heteroatoms. The van der Waals surface area contributed by atoms with Gasteiger partial charge in [0.15, 0.2) is 0 Å². The molecule has 11 nitrogen and oxygen atoms in total. The fraction of sp³-hybridized carbons (Fsp3) is 0.190. The zero-order chi connectivity index (χ0) is 24.4. The highest BCUT2D eigenvalue weighted by molar-refractivity contribution is 6.27. The third-order valence-electron chi connectivity index (χ3n) is 4.30. The van der Waals surface area contributed by atoms with Crippen LogP contribution in [0.4, 0.5) is 16.0 Å². The number of imidazole rings is 1. The van der Waals surface area contributed by atoms with Crippen LogP contribution in [0.2, 0.25) is 0 Å². The number of benzene rings is 2. The molecule has 1 aromatic heterocycles. The maximum absolute atomic E-state index is 13.2. The van der Waals surface area contributed by atoms with Crippen molar-refractivity contribution in [2.75, 3.05) is 19.0 Å². The predicted octanol–water partition coefficient (Wildman–Crippen LogP) is 3.01. The maximum atomic E-state index is 13.2. The average molecular weight is 460 g/mol. The summed E-state index contributed by atoms with van der Waals surface area (Å²) in [4.78, 5) is 32.9. The number of hydrogen-bond donors (Lipinski definition) is 3. The van der Waals surface area contributed by atoms with E-state index in [2.05, 4.69) is 10.3 Å². The Labute approximate surface area is 187 Å². The molecule has 174 valence electrons. The molecule has 0 radical (unpaired) electrons. The lowest BCUT2D eigenvalue weighted by Crippen LogP contribution is -2.11. The largest absolute Gasteiger partial charge is 0.473 e. The highest BCUT2D eigenvalue weighted by atomic mass is 19.1. The standard InChI is InChI=1S/C19H19FN4O3.C2H2O4/c1-27-11-10-23-18(15-4-6-16(20)7-5-15)13-22-19(23)21-12-14-2-8-17(9-3-14)24(25)26;3-1(4)2(5)6/h2-9,13H,10-12H2,1H3,(H,21,22);(H,3,4)(H,5,6). The van der Waals surface area contributed by atoms with E-state index in [-0.39, 0.29) is 11.5 Å². The van der Waals surface area contributed by atoms with Crippen molar-refractivity contribution in [2.45, 2.75) is 13.1 Å². The molecule has 2 aromatic carbocycles. The van der Waals surface area contributed by atoms with Crippen LogP contribution in [0.1, 0.15) is 5.56 Å². The highest BCUT2D eigenvalue weighted by Crippen LogP contribution is 2.24. The lowest BCUT2D eigenvalue weighted by Gasteiger charge is -2.13. The zero-order valence-electron chi connectivity index (χ0n) is 17.5. The second kappa shape index (κ2) is 11.9. The summed E-state index contributed by atoms with van der Waals surface area (Å²) >= 11 is 0. The lowest BCUT2D eigenvalue weighted by atomic mass is 10.1. The number of non-ortho nitro benzene ring substituents is 1. The van der Waals surface area contributed by atoms with Crippen molar-refractivity contribution in [1.29, 1.82) is 0 Å². The fourth-order valence-corrected chi connectivity index (χ4v) is 2.69. The van der Waals surface area contributed by atoms with E-state index in [0.29, 0.717) is 25.6 Å². The van der Waals surface area contributed by atoms with Gasteiger partial charge in [-0.1, -0.05) is 12.1 Å². The normalized spacial score (nSPS) is 10.1. The fourth-order valence-electron chi connectivity index (χ4n) is 2.69. The molecule has 0 atom stereocenters. The number of anilines is 1. The Morgan fingerprint density at radius 1 is 1.12 bits per heavy atom. The molecule has 3 N–H and O–H groups in total. The molecule has 33 heavy (non-hydrogen) atoms. The van der Waals surface area contributed by atoms with Crippen LogP contribution >= 0.6 is 0 Å². The van der Waals surface area contributed by atoms with Crippen LogP contribution in [0.15, 0.2) is 54.7 Å². The van der Waals surface area contributed by atoms with E-state index >= 15 is 0 Å². The van der Waals surface area contributed by atoms with Gasteiger partial charge in [0.2, 0.25) is 5.95 Å². The van der Waals surface area contributed by atoms with Gasteiger partial charge >= 0.3 is 11.9 Å². The Hall–Kier alpha value is -4.32. The van der Waals surface area contributed by atoms with Gasteiger partial charge in [-0.2, -0.15) is 0 Å². The number of carboxylic acid groups (broad SMARTS) is 2. The minimum Gasteiger partial charge on any atom is -0.473 e. The first kappa shape index (κ1) is 24.9. The number of halogens is 1. The molecule has 0 unspecified atom stereocenters. The van der Waals surface area contributed by atoms with Crippen molar-refractivity contribution in [3.05, 3.63) is 76.2 Å². The van der Waals surface area contributed by atoms with Crippen molar-refractivity contribution in [3.63, 3.8) is 0 Å². The van der Waals surface area contributed by atoms with E-state index in [1.807, 2.05) is 4.57 Å². The van der Waals surface area contributed by atoms with Crippen molar-refractivity contribution in [1.82, 2.24) is 9.55 Å². The number of nitrogens with zero attached hydrogens (tertiary/aromatic N) is 3. The molecule has 0 saturated carbocycles. The van der Waals surface area contributed by atoms with Crippen LogP contribution in [0.3, 0.4) is 0 Å². The van der Waals surface area contributed by atoms with Crippen molar-refractivity contribution in [2.24, 2.45) is 0 Å². The van der Waals surface area contributed by atoms with Crippen LogP contribution in [0.25, 0.3) is 11.3 Å². The molecule has 3 rings (SSSR count). The van der Waals surface area contributed by atoms with Gasteiger partial charge in [0.1, 0.15) is 5.82 Å². The Morgan fingerprint density at radius 2 is 1.73 bits per heavy atom. The summed E-state index contributed by atoms with van der Waals surface area (Å²) in [7, 11) is 1.62. The van der Waals surface area contributed by atoms with Crippen LogP contribution in [-0.2, 0) is 27.4 Å². The summed E-state index contributed by atoms with van der Waals surface area (Å²) in [5.41, 5.74) is 2.64. The van der Waals surface area contributed by atoms with Gasteiger partial charge < -0.3 is 24.8 Å². The molecule has 0 fully saturated rings. The third-order valence-corrected chi connectivity index (χ3v) is 4.30. The maximum Gasteiger partial charge on any atom is 0.414 e. The molecule has 3 aromatic rings. The molecule has 0 aliphatic carbocycles. The van der Waals surface area contributed by atoms with Gasteiger partial charge in [-0.3, -0.25) is 10.1 Å². The Balaban J connectivity index is 0.000000569. The Morgan fingerprint density at radius 3 is 2.24 bits per heavy atom. The minimum absolute atomic E-state index is 0.0546. The van der Waals surface area contributed by atoms with Gasteiger partial charge in [0, 0.05) is 37.9 Å². The second-order valence-electron chi connectivity index (χ2n) is 6.51. The van der Waals surface area contributed by atoms with Crippen molar-refractivity contribution >= 4 is 23.6 Å². The van der Waals surface area contributed by atoms with E-state index in [1.165, 1.54) is 24.3 Å². The van der Waals surface area contributed by atoms with Crippen LogP contribution in [0, 0.1) is 15.9 Å². The van der Waals surface area contributed by atoms with E-state index in [4.69, 9.17) is 24.5 Å². The number of nitro benzene ring substituents is 1. The molecule has 0 aliphatic heterocycles. The number of carbonyl (C=O) groups is 2. The predicted molar refractivity (Wildman–Crippen MR) is 115 cm³/mol. The highest BCUT2D eigenvalue weighted by Gasteiger charge is 2.12. The van der Waals surface area contributed by atoms with Crippen LogP contribution < -0.4 is 5.32 Å². The lowest BCUT2D eigenvalue weighted by molar-refractivity contribution is -0.384. The minimum atomic E-state index is -1.82. The quantitative estimate of drug-likeness (QED) is 0.261. The molecule has 0 spiro atoms. The smallest absolute Gasteiger partial charge is 0.414 e. The summed E-state index contributed by atoms with van der Waals surface area (Å²) in [6, 6.07) is 12.6. The van der Waals surface area contributed by atoms with Gasteiger partial charge in [-0.05, 0) is 29.8 Å². The number of nitro groups is 1. The summed E-state index contributed by atoms with van der Waals surface area (Å²) in [5.74, 6) is -3.30. The van der Waals surface area contributed by atoms with Gasteiger partial charge in [-0.15, -0.1) is 0 Å².